The van der Waals surface area contributed by atoms with E-state index in [9.17, 15) is 9.59 Å². The van der Waals surface area contributed by atoms with Crippen molar-refractivity contribution in [2.75, 3.05) is 10.6 Å². The lowest BCUT2D eigenvalue weighted by Crippen LogP contribution is -2.12. The number of benzene rings is 1. The Morgan fingerprint density at radius 3 is 2.16 bits per heavy atom. The molecule has 98 valence electrons. The molecule has 2 amide bonds. The fourth-order valence-corrected chi connectivity index (χ4v) is 1.49. The second-order valence-corrected chi connectivity index (χ2v) is 3.99. The molecule has 1 aromatic carbocycles. The lowest BCUT2D eigenvalue weighted by Gasteiger charge is -2.05. The molecule has 0 radical (unpaired) electrons. The van der Waals surface area contributed by atoms with E-state index in [-0.39, 0.29) is 17.5 Å². The summed E-state index contributed by atoms with van der Waals surface area (Å²) in [5.74, 6) is -0.475. The van der Waals surface area contributed by atoms with Gasteiger partial charge in [0.1, 0.15) is 0 Å². The van der Waals surface area contributed by atoms with Crippen LogP contribution in [0.5, 0.6) is 0 Å². The van der Waals surface area contributed by atoms with Gasteiger partial charge in [-0.3, -0.25) is 14.3 Å². The van der Waals surface area contributed by atoms with E-state index in [2.05, 4.69) is 20.9 Å². The zero-order chi connectivity index (χ0) is 13.8. The van der Waals surface area contributed by atoms with Gasteiger partial charge in [0, 0.05) is 25.3 Å². The van der Waals surface area contributed by atoms with Crippen LogP contribution in [0.3, 0.4) is 0 Å². The monoisotopic (exact) mass is 259 g/mol. The highest BCUT2D eigenvalue weighted by Crippen LogP contribution is 2.14. The Balaban J connectivity index is 2.03. The van der Waals surface area contributed by atoms with E-state index in [4.69, 9.17) is 0 Å². The summed E-state index contributed by atoms with van der Waals surface area (Å²) >= 11 is 0. The van der Waals surface area contributed by atoms with Crippen LogP contribution >= 0.6 is 0 Å². The summed E-state index contributed by atoms with van der Waals surface area (Å²) in [4.78, 5) is 22.7. The van der Waals surface area contributed by atoms with Crippen LogP contribution in [-0.4, -0.2) is 26.8 Å². The van der Waals surface area contributed by atoms with Gasteiger partial charge in [-0.1, -0.05) is 5.21 Å². The lowest BCUT2D eigenvalue weighted by atomic mass is 10.2. The van der Waals surface area contributed by atoms with Gasteiger partial charge >= 0.3 is 0 Å². The molecule has 1 heterocycles. The van der Waals surface area contributed by atoms with Gasteiger partial charge in [-0.2, -0.15) is 0 Å². The number of anilines is 2. The number of amides is 2. The van der Waals surface area contributed by atoms with E-state index in [1.165, 1.54) is 17.8 Å². The van der Waals surface area contributed by atoms with Crippen LogP contribution in [0.15, 0.2) is 30.5 Å². The first-order valence-electron chi connectivity index (χ1n) is 5.60. The molecule has 0 bridgehead atoms. The summed E-state index contributed by atoms with van der Waals surface area (Å²) in [5, 5.41) is 12.7. The van der Waals surface area contributed by atoms with E-state index in [0.29, 0.717) is 11.4 Å². The van der Waals surface area contributed by atoms with E-state index < -0.39 is 0 Å². The molecular weight excluding hydrogens is 246 g/mol. The molecule has 0 fully saturated rings. The van der Waals surface area contributed by atoms with Crippen molar-refractivity contribution >= 4 is 23.2 Å². The smallest absolute Gasteiger partial charge is 0.277 e. The zero-order valence-electron chi connectivity index (χ0n) is 10.5. The van der Waals surface area contributed by atoms with Gasteiger partial charge in [-0.25, -0.2) is 0 Å². The van der Waals surface area contributed by atoms with Gasteiger partial charge in [0.05, 0.1) is 6.20 Å². The van der Waals surface area contributed by atoms with Crippen molar-refractivity contribution in [2.24, 2.45) is 7.05 Å². The Morgan fingerprint density at radius 1 is 1.11 bits per heavy atom. The maximum Gasteiger partial charge on any atom is 0.277 e. The van der Waals surface area contributed by atoms with E-state index in [1.807, 2.05) is 0 Å². The third kappa shape index (κ3) is 3.38. The number of carbonyl (C=O) groups excluding carboxylic acids is 2. The first-order chi connectivity index (χ1) is 9.04. The number of aromatic nitrogens is 3. The van der Waals surface area contributed by atoms with E-state index in [0.717, 1.165) is 0 Å². The molecule has 7 nitrogen and oxygen atoms in total. The Bertz CT molecular complexity index is 603. The summed E-state index contributed by atoms with van der Waals surface area (Å²) < 4.78 is 1.45. The first-order valence-corrected chi connectivity index (χ1v) is 5.60. The molecule has 0 aliphatic carbocycles. The molecule has 7 heteroatoms. The standard InChI is InChI=1S/C12H13N5O2/c1-8(18)13-9-3-5-10(6-4-9)14-12(19)11-7-17(2)16-15-11/h3-7H,1-2H3,(H,13,18)(H,14,19). The van der Waals surface area contributed by atoms with Crippen molar-refractivity contribution in [3.05, 3.63) is 36.2 Å². The predicted molar refractivity (Wildman–Crippen MR) is 69.7 cm³/mol. The number of aryl methyl sites for hydroxylation is 1. The SMILES string of the molecule is CC(=O)Nc1ccc(NC(=O)c2cn(C)nn2)cc1. The molecule has 2 N–H and O–H groups in total. The molecule has 0 aliphatic rings. The topological polar surface area (TPSA) is 88.9 Å². The maximum atomic E-state index is 11.8. The molecule has 1 aromatic heterocycles. The van der Waals surface area contributed by atoms with Gasteiger partial charge in [-0.05, 0) is 24.3 Å². The largest absolute Gasteiger partial charge is 0.326 e. The number of hydrogen-bond donors (Lipinski definition) is 2. The molecule has 0 atom stereocenters. The van der Waals surface area contributed by atoms with Gasteiger partial charge in [0.2, 0.25) is 5.91 Å². The van der Waals surface area contributed by atoms with Crippen molar-refractivity contribution in [2.45, 2.75) is 6.92 Å². The minimum absolute atomic E-state index is 0.142. The Labute approximate surface area is 109 Å². The molecule has 19 heavy (non-hydrogen) atoms. The third-order valence-electron chi connectivity index (χ3n) is 2.30. The molecule has 0 spiro atoms. The zero-order valence-corrected chi connectivity index (χ0v) is 10.5. The summed E-state index contributed by atoms with van der Waals surface area (Å²) in [6.07, 6.45) is 1.53. The summed E-state index contributed by atoms with van der Waals surface area (Å²) in [6, 6.07) is 6.79. The third-order valence-corrected chi connectivity index (χ3v) is 2.30. The number of carbonyl (C=O) groups is 2. The van der Waals surface area contributed by atoms with Crippen molar-refractivity contribution in [3.63, 3.8) is 0 Å². The van der Waals surface area contributed by atoms with E-state index >= 15 is 0 Å². The fraction of sp³-hybridized carbons (Fsp3) is 0.167. The van der Waals surface area contributed by atoms with Crippen LogP contribution in [0.25, 0.3) is 0 Å². The molecule has 0 saturated heterocycles. The van der Waals surface area contributed by atoms with Crippen LogP contribution < -0.4 is 10.6 Å². The number of rotatable bonds is 3. The lowest BCUT2D eigenvalue weighted by molar-refractivity contribution is -0.114. The quantitative estimate of drug-likeness (QED) is 0.861. The average Bonchev–Trinajstić information content (AvgIpc) is 2.78. The highest BCUT2D eigenvalue weighted by molar-refractivity contribution is 6.02. The highest BCUT2D eigenvalue weighted by Gasteiger charge is 2.09. The van der Waals surface area contributed by atoms with E-state index in [1.54, 1.807) is 31.3 Å². The van der Waals surface area contributed by atoms with Crippen LogP contribution in [0, 0.1) is 0 Å². The van der Waals surface area contributed by atoms with Gasteiger partial charge < -0.3 is 10.6 Å². The predicted octanol–water partition coefficient (Wildman–Crippen LogP) is 1.03. The van der Waals surface area contributed by atoms with Crippen molar-refractivity contribution < 1.29 is 9.59 Å². The maximum absolute atomic E-state index is 11.8. The normalized spacial score (nSPS) is 10.0. The number of hydrogen-bond acceptors (Lipinski definition) is 4. The molecular formula is C12H13N5O2. The van der Waals surface area contributed by atoms with Crippen LogP contribution in [0.1, 0.15) is 17.4 Å². The van der Waals surface area contributed by atoms with Gasteiger partial charge in [0.25, 0.3) is 5.91 Å². The Morgan fingerprint density at radius 2 is 1.68 bits per heavy atom. The van der Waals surface area contributed by atoms with Crippen LogP contribution in [0.2, 0.25) is 0 Å². The molecule has 0 aliphatic heterocycles. The molecule has 2 aromatic rings. The fourth-order valence-electron chi connectivity index (χ4n) is 1.49. The van der Waals surface area contributed by atoms with Gasteiger partial charge in [0.15, 0.2) is 5.69 Å². The second kappa shape index (κ2) is 5.30. The second-order valence-electron chi connectivity index (χ2n) is 3.99. The number of nitrogens with zero attached hydrogens (tertiary/aromatic N) is 3. The summed E-state index contributed by atoms with van der Waals surface area (Å²) in [6.45, 7) is 1.43. The molecule has 0 unspecified atom stereocenters. The average molecular weight is 259 g/mol. The Kier molecular flexibility index (Phi) is 3.56. The first kappa shape index (κ1) is 12.7. The van der Waals surface area contributed by atoms with Crippen LogP contribution in [-0.2, 0) is 11.8 Å². The molecule has 2 rings (SSSR count). The summed E-state index contributed by atoms with van der Waals surface area (Å²) in [5.41, 5.74) is 1.53. The number of nitrogens with one attached hydrogen (secondary N) is 2. The van der Waals surface area contributed by atoms with Crippen molar-refractivity contribution in [1.29, 1.82) is 0 Å². The van der Waals surface area contributed by atoms with Crippen molar-refractivity contribution in [3.8, 4) is 0 Å². The Hall–Kier alpha value is -2.70. The molecule has 0 saturated carbocycles. The van der Waals surface area contributed by atoms with Crippen LogP contribution in [0.4, 0.5) is 11.4 Å². The highest BCUT2D eigenvalue weighted by atomic mass is 16.2. The minimum Gasteiger partial charge on any atom is -0.326 e. The van der Waals surface area contributed by atoms with Crippen molar-refractivity contribution in [1.82, 2.24) is 15.0 Å². The van der Waals surface area contributed by atoms with Gasteiger partial charge in [-0.15, -0.1) is 5.10 Å². The minimum atomic E-state index is -0.333. The summed E-state index contributed by atoms with van der Waals surface area (Å²) in [7, 11) is 1.69.